The minimum absolute atomic E-state index is 0.0198. The number of aromatic hydroxyl groups is 1. The summed E-state index contributed by atoms with van der Waals surface area (Å²) in [5.74, 6) is -1.21. The summed E-state index contributed by atoms with van der Waals surface area (Å²) in [4.78, 5) is 14.9. The fraction of sp³-hybridized carbons (Fsp3) is 0.143. The normalized spacial score (nSPS) is 11.0. The van der Waals surface area contributed by atoms with Crippen LogP contribution in [-0.4, -0.2) is 16.2 Å². The zero-order valence-electron chi connectivity index (χ0n) is 11.1. The van der Waals surface area contributed by atoms with Gasteiger partial charge in [-0.25, -0.2) is 9.78 Å². The molecular weight excluding hydrogens is 301 g/mol. The Labute approximate surface area is 123 Å². The topological polar surface area (TPSA) is 71.5 Å². The third-order valence-corrected chi connectivity index (χ3v) is 2.63. The average molecular weight is 312 g/mol. The lowest BCUT2D eigenvalue weighted by Crippen LogP contribution is -2.15. The van der Waals surface area contributed by atoms with E-state index in [1.807, 2.05) is 0 Å². The number of carbonyl (C=O) groups is 1. The van der Waals surface area contributed by atoms with E-state index >= 15 is 0 Å². The first-order chi connectivity index (χ1) is 10.4. The molecule has 0 spiro atoms. The molecular formula is C14H11F3N2O3. The van der Waals surface area contributed by atoms with Gasteiger partial charge in [-0.15, -0.1) is 0 Å². The number of ether oxygens (including phenoxy) is 1. The van der Waals surface area contributed by atoms with Gasteiger partial charge in [0.25, 0.3) is 0 Å². The van der Waals surface area contributed by atoms with E-state index in [0.717, 1.165) is 5.56 Å². The van der Waals surface area contributed by atoms with E-state index in [-0.39, 0.29) is 6.61 Å². The number of benzene rings is 1. The molecule has 0 aliphatic rings. The highest BCUT2D eigenvalue weighted by Crippen LogP contribution is 2.32. The van der Waals surface area contributed by atoms with Crippen LogP contribution in [0.5, 0.6) is 5.75 Å². The molecule has 0 saturated heterocycles. The van der Waals surface area contributed by atoms with Crippen LogP contribution in [0, 0.1) is 0 Å². The average Bonchev–Trinajstić information content (AvgIpc) is 2.47. The third kappa shape index (κ3) is 4.11. The molecule has 0 unspecified atom stereocenters. The number of nitrogens with zero attached hydrogens (tertiary/aromatic N) is 1. The number of nitrogens with one attached hydrogen (secondary N) is 1. The van der Waals surface area contributed by atoms with Gasteiger partial charge in [0.2, 0.25) is 0 Å². The number of alkyl halides is 3. The predicted molar refractivity (Wildman–Crippen MR) is 71.2 cm³/mol. The summed E-state index contributed by atoms with van der Waals surface area (Å²) in [5.41, 5.74) is -0.379. The lowest BCUT2D eigenvalue weighted by molar-refractivity contribution is -0.137. The Morgan fingerprint density at radius 2 is 1.95 bits per heavy atom. The van der Waals surface area contributed by atoms with E-state index in [0.29, 0.717) is 12.3 Å². The van der Waals surface area contributed by atoms with Crippen LogP contribution in [0.1, 0.15) is 11.1 Å². The molecule has 2 N–H and O–H groups in total. The lowest BCUT2D eigenvalue weighted by atomic mass is 10.2. The monoisotopic (exact) mass is 312 g/mol. The maximum absolute atomic E-state index is 12.4. The van der Waals surface area contributed by atoms with Crippen molar-refractivity contribution in [3.63, 3.8) is 0 Å². The van der Waals surface area contributed by atoms with Crippen molar-refractivity contribution in [2.45, 2.75) is 12.8 Å². The van der Waals surface area contributed by atoms with Crippen LogP contribution in [0.4, 0.5) is 23.8 Å². The second kappa shape index (κ2) is 6.33. The zero-order chi connectivity index (χ0) is 16.2. The molecule has 116 valence electrons. The Morgan fingerprint density at radius 1 is 1.27 bits per heavy atom. The van der Waals surface area contributed by atoms with Crippen molar-refractivity contribution in [1.29, 1.82) is 0 Å². The maximum Gasteiger partial charge on any atom is 0.418 e. The summed E-state index contributed by atoms with van der Waals surface area (Å²) in [6.45, 7) is -0.0198. The zero-order valence-corrected chi connectivity index (χ0v) is 11.1. The molecule has 0 bridgehead atoms. The van der Waals surface area contributed by atoms with Gasteiger partial charge in [0.05, 0.1) is 5.56 Å². The number of rotatable bonds is 3. The fourth-order valence-corrected chi connectivity index (χ4v) is 1.56. The Bertz CT molecular complexity index is 660. The van der Waals surface area contributed by atoms with E-state index in [4.69, 9.17) is 4.74 Å². The molecule has 1 aromatic carbocycles. The molecule has 0 fully saturated rings. The van der Waals surface area contributed by atoms with Crippen molar-refractivity contribution in [3.8, 4) is 5.75 Å². The number of aromatic nitrogens is 1. The summed E-state index contributed by atoms with van der Waals surface area (Å²) in [5, 5.41) is 11.5. The molecule has 2 aromatic rings. The Balaban J connectivity index is 1.97. The summed E-state index contributed by atoms with van der Waals surface area (Å²) in [7, 11) is 0. The highest BCUT2D eigenvalue weighted by atomic mass is 19.4. The Hall–Kier alpha value is -2.77. The highest BCUT2D eigenvalue weighted by Gasteiger charge is 2.32. The summed E-state index contributed by atoms with van der Waals surface area (Å²) in [6.07, 6.45) is -5.06. The van der Waals surface area contributed by atoms with Crippen molar-refractivity contribution in [2.24, 2.45) is 0 Å². The largest absolute Gasteiger partial charge is 0.504 e. The summed E-state index contributed by atoms with van der Waals surface area (Å²) < 4.78 is 42.1. The molecule has 1 heterocycles. The van der Waals surface area contributed by atoms with E-state index in [1.165, 1.54) is 0 Å². The van der Waals surface area contributed by atoms with Gasteiger partial charge in [-0.2, -0.15) is 13.2 Å². The molecule has 0 aliphatic carbocycles. The maximum atomic E-state index is 12.4. The van der Waals surface area contributed by atoms with Gasteiger partial charge in [0.1, 0.15) is 6.61 Å². The number of hydrogen-bond donors (Lipinski definition) is 2. The van der Waals surface area contributed by atoms with Gasteiger partial charge in [0.15, 0.2) is 11.6 Å². The van der Waals surface area contributed by atoms with Gasteiger partial charge >= 0.3 is 12.3 Å². The fourth-order valence-electron chi connectivity index (χ4n) is 1.56. The molecule has 0 aliphatic heterocycles. The predicted octanol–water partition coefficient (Wildman–Crippen LogP) is 3.55. The second-order valence-corrected chi connectivity index (χ2v) is 4.28. The van der Waals surface area contributed by atoms with Crippen molar-refractivity contribution < 1.29 is 27.8 Å². The summed E-state index contributed by atoms with van der Waals surface area (Å²) in [6, 6.07) is 9.27. The number of anilines is 1. The van der Waals surface area contributed by atoms with Gasteiger partial charge in [0, 0.05) is 6.20 Å². The standard InChI is InChI=1S/C14H11F3N2O3/c15-14(16,17)10-6-11(20)12(18-7-10)19-13(21)22-8-9-4-2-1-3-5-9/h1-7,20H,8H2,(H,18,19,21). The van der Waals surface area contributed by atoms with Crippen LogP contribution in [0.3, 0.4) is 0 Å². The van der Waals surface area contributed by atoms with E-state index in [2.05, 4.69) is 10.3 Å². The molecule has 2 rings (SSSR count). The van der Waals surface area contributed by atoms with Crippen molar-refractivity contribution >= 4 is 11.9 Å². The van der Waals surface area contributed by atoms with Crippen molar-refractivity contribution in [1.82, 2.24) is 4.98 Å². The van der Waals surface area contributed by atoms with Gasteiger partial charge in [-0.05, 0) is 11.6 Å². The minimum Gasteiger partial charge on any atom is -0.504 e. The van der Waals surface area contributed by atoms with Crippen LogP contribution in [0.25, 0.3) is 0 Å². The van der Waals surface area contributed by atoms with Crippen LogP contribution < -0.4 is 5.32 Å². The van der Waals surface area contributed by atoms with Gasteiger partial charge < -0.3 is 9.84 Å². The van der Waals surface area contributed by atoms with Crippen LogP contribution in [-0.2, 0) is 17.5 Å². The number of carbonyl (C=O) groups excluding carboxylic acids is 1. The molecule has 5 nitrogen and oxygen atoms in total. The summed E-state index contributed by atoms with van der Waals surface area (Å²) >= 11 is 0. The van der Waals surface area contributed by atoms with E-state index in [9.17, 15) is 23.1 Å². The first-order valence-electron chi connectivity index (χ1n) is 6.10. The van der Waals surface area contributed by atoms with Crippen molar-refractivity contribution in [3.05, 3.63) is 53.7 Å². The molecule has 22 heavy (non-hydrogen) atoms. The molecule has 0 radical (unpaired) electrons. The molecule has 0 atom stereocenters. The number of hydrogen-bond acceptors (Lipinski definition) is 4. The Morgan fingerprint density at radius 3 is 2.55 bits per heavy atom. The van der Waals surface area contributed by atoms with Crippen LogP contribution >= 0.6 is 0 Å². The molecule has 1 aromatic heterocycles. The van der Waals surface area contributed by atoms with E-state index in [1.54, 1.807) is 30.3 Å². The lowest BCUT2D eigenvalue weighted by Gasteiger charge is -2.10. The van der Waals surface area contributed by atoms with Gasteiger partial charge in [-0.3, -0.25) is 5.32 Å². The van der Waals surface area contributed by atoms with Crippen LogP contribution in [0.15, 0.2) is 42.6 Å². The second-order valence-electron chi connectivity index (χ2n) is 4.28. The van der Waals surface area contributed by atoms with E-state index < -0.39 is 29.4 Å². The number of pyridine rings is 1. The first kappa shape index (κ1) is 15.6. The molecule has 0 saturated carbocycles. The SMILES string of the molecule is O=C(Nc1ncc(C(F)(F)F)cc1O)OCc1ccccc1. The molecule has 1 amide bonds. The quantitative estimate of drug-likeness (QED) is 0.909. The van der Waals surface area contributed by atoms with Crippen molar-refractivity contribution in [2.75, 3.05) is 5.32 Å². The number of halogens is 3. The smallest absolute Gasteiger partial charge is 0.418 e. The van der Waals surface area contributed by atoms with Crippen LogP contribution in [0.2, 0.25) is 0 Å². The Kier molecular flexibility index (Phi) is 4.50. The molecule has 8 heteroatoms. The number of amides is 1. The minimum atomic E-state index is -4.63. The third-order valence-electron chi connectivity index (χ3n) is 2.63. The first-order valence-corrected chi connectivity index (χ1v) is 6.10. The highest BCUT2D eigenvalue weighted by molar-refractivity contribution is 5.85. The van der Waals surface area contributed by atoms with Gasteiger partial charge in [-0.1, -0.05) is 30.3 Å².